The standard InChI is InChI=1S/C17H9ClF3NO3/c18-15(23)9-25-14-5-4-12(17(19,20)21)7-13(14)16(24)11-3-1-2-10(6-11)8-22/h1-7H,9H2. The van der Waals surface area contributed by atoms with Crippen LogP contribution in [0.2, 0.25) is 0 Å². The topological polar surface area (TPSA) is 67.2 Å². The van der Waals surface area contributed by atoms with Gasteiger partial charge in [-0.2, -0.15) is 18.4 Å². The first-order chi connectivity index (χ1) is 11.7. The number of hydrogen-bond acceptors (Lipinski definition) is 4. The van der Waals surface area contributed by atoms with Crippen LogP contribution in [0.25, 0.3) is 0 Å². The van der Waals surface area contributed by atoms with Crippen LogP contribution in [0.3, 0.4) is 0 Å². The van der Waals surface area contributed by atoms with Crippen LogP contribution in [-0.4, -0.2) is 17.6 Å². The predicted octanol–water partition coefficient (Wildman–Crippen LogP) is 3.95. The Bertz CT molecular complexity index is 872. The molecule has 0 unspecified atom stereocenters. The minimum absolute atomic E-state index is 0.0143. The second kappa shape index (κ2) is 7.36. The van der Waals surface area contributed by atoms with Crippen LogP contribution in [0.1, 0.15) is 27.0 Å². The van der Waals surface area contributed by atoms with Gasteiger partial charge in [-0.05, 0) is 41.9 Å². The quantitative estimate of drug-likeness (QED) is 0.592. The number of ether oxygens (including phenoxy) is 1. The summed E-state index contributed by atoms with van der Waals surface area (Å²) in [7, 11) is 0. The zero-order chi connectivity index (χ0) is 18.6. The van der Waals surface area contributed by atoms with E-state index in [4.69, 9.17) is 21.6 Å². The fourth-order valence-electron chi connectivity index (χ4n) is 2.03. The van der Waals surface area contributed by atoms with Gasteiger partial charge in [0.25, 0.3) is 5.24 Å². The summed E-state index contributed by atoms with van der Waals surface area (Å²) in [6.07, 6.45) is -4.66. The minimum atomic E-state index is -4.66. The highest BCUT2D eigenvalue weighted by molar-refractivity contribution is 6.63. The summed E-state index contributed by atoms with van der Waals surface area (Å²) in [5, 5.41) is 8.01. The van der Waals surface area contributed by atoms with Gasteiger partial charge in [0, 0.05) is 5.56 Å². The van der Waals surface area contributed by atoms with E-state index in [1.165, 1.54) is 24.3 Å². The molecule has 4 nitrogen and oxygen atoms in total. The van der Waals surface area contributed by atoms with Crippen LogP contribution in [0.4, 0.5) is 13.2 Å². The van der Waals surface area contributed by atoms with E-state index in [1.54, 1.807) is 0 Å². The van der Waals surface area contributed by atoms with Gasteiger partial charge in [-0.1, -0.05) is 12.1 Å². The maximum Gasteiger partial charge on any atom is 0.416 e. The van der Waals surface area contributed by atoms with Crippen LogP contribution in [0, 0.1) is 11.3 Å². The Morgan fingerprint density at radius 2 is 1.88 bits per heavy atom. The van der Waals surface area contributed by atoms with Crippen molar-refractivity contribution >= 4 is 22.6 Å². The summed E-state index contributed by atoms with van der Waals surface area (Å²) in [4.78, 5) is 23.4. The number of nitrogens with zero attached hydrogens (tertiary/aromatic N) is 1. The third-order valence-corrected chi connectivity index (χ3v) is 3.26. The second-order valence-electron chi connectivity index (χ2n) is 4.87. The van der Waals surface area contributed by atoms with Gasteiger partial charge in [0.1, 0.15) is 5.75 Å². The zero-order valence-electron chi connectivity index (χ0n) is 12.4. The van der Waals surface area contributed by atoms with E-state index in [1.807, 2.05) is 6.07 Å². The van der Waals surface area contributed by atoms with Crippen molar-refractivity contribution in [1.82, 2.24) is 0 Å². The molecule has 0 saturated carbocycles. The lowest BCUT2D eigenvalue weighted by Crippen LogP contribution is -2.12. The molecule has 0 amide bonds. The van der Waals surface area contributed by atoms with Crippen LogP contribution in [-0.2, 0) is 11.0 Å². The smallest absolute Gasteiger partial charge is 0.416 e. The van der Waals surface area contributed by atoms with Crippen molar-refractivity contribution in [2.45, 2.75) is 6.18 Å². The van der Waals surface area contributed by atoms with Crippen molar-refractivity contribution in [3.8, 4) is 11.8 Å². The molecule has 0 radical (unpaired) electrons. The van der Waals surface area contributed by atoms with E-state index in [9.17, 15) is 22.8 Å². The van der Waals surface area contributed by atoms with E-state index in [2.05, 4.69) is 0 Å². The highest BCUT2D eigenvalue weighted by Gasteiger charge is 2.32. The SMILES string of the molecule is N#Cc1cccc(C(=O)c2cc(C(F)(F)F)ccc2OCC(=O)Cl)c1. The van der Waals surface area contributed by atoms with Crippen LogP contribution >= 0.6 is 11.6 Å². The van der Waals surface area contributed by atoms with E-state index < -0.39 is 29.4 Å². The van der Waals surface area contributed by atoms with Crippen molar-refractivity contribution in [2.75, 3.05) is 6.61 Å². The molecule has 0 aromatic heterocycles. The Kier molecular flexibility index (Phi) is 5.45. The van der Waals surface area contributed by atoms with Crippen LogP contribution in [0.5, 0.6) is 5.75 Å². The minimum Gasteiger partial charge on any atom is -0.484 e. The molecule has 0 aliphatic carbocycles. The molecule has 0 fully saturated rings. The summed E-state index contributed by atoms with van der Waals surface area (Å²) < 4.78 is 43.8. The third kappa shape index (κ3) is 4.58. The lowest BCUT2D eigenvalue weighted by Gasteiger charge is -2.13. The molecular weight excluding hydrogens is 359 g/mol. The van der Waals surface area contributed by atoms with Crippen molar-refractivity contribution in [3.05, 3.63) is 64.7 Å². The number of benzene rings is 2. The summed E-state index contributed by atoms with van der Waals surface area (Å²) >= 11 is 5.16. The van der Waals surface area contributed by atoms with E-state index >= 15 is 0 Å². The monoisotopic (exact) mass is 367 g/mol. The molecule has 2 rings (SSSR count). The molecule has 8 heteroatoms. The molecule has 2 aromatic carbocycles. The number of carbonyl (C=O) groups excluding carboxylic acids is 2. The Balaban J connectivity index is 2.52. The highest BCUT2D eigenvalue weighted by atomic mass is 35.5. The molecule has 0 saturated heterocycles. The summed E-state index contributed by atoms with van der Waals surface area (Å²) in [5.74, 6) is -0.991. The van der Waals surface area contributed by atoms with Gasteiger partial charge in [0.2, 0.25) is 0 Å². The van der Waals surface area contributed by atoms with Crippen molar-refractivity contribution in [1.29, 1.82) is 5.26 Å². The molecule has 0 heterocycles. The van der Waals surface area contributed by atoms with Crippen molar-refractivity contribution in [2.24, 2.45) is 0 Å². The van der Waals surface area contributed by atoms with Gasteiger partial charge in [0.15, 0.2) is 12.4 Å². The van der Waals surface area contributed by atoms with Gasteiger partial charge in [-0.15, -0.1) is 0 Å². The first-order valence-corrected chi connectivity index (χ1v) is 7.17. The van der Waals surface area contributed by atoms with Gasteiger partial charge in [-0.3, -0.25) is 9.59 Å². The number of halogens is 4. The second-order valence-corrected chi connectivity index (χ2v) is 5.30. The Morgan fingerprint density at radius 3 is 2.48 bits per heavy atom. The molecule has 25 heavy (non-hydrogen) atoms. The molecule has 0 aliphatic rings. The van der Waals surface area contributed by atoms with E-state index in [0.29, 0.717) is 6.07 Å². The maximum atomic E-state index is 12.9. The van der Waals surface area contributed by atoms with Gasteiger partial charge in [0.05, 0.1) is 22.8 Å². The number of nitriles is 1. The summed E-state index contributed by atoms with van der Waals surface area (Å²) in [6, 6.07) is 9.65. The lowest BCUT2D eigenvalue weighted by molar-refractivity contribution is -0.137. The lowest BCUT2D eigenvalue weighted by atomic mass is 9.99. The van der Waals surface area contributed by atoms with Crippen LogP contribution in [0.15, 0.2) is 42.5 Å². The van der Waals surface area contributed by atoms with E-state index in [-0.39, 0.29) is 22.4 Å². The Morgan fingerprint density at radius 1 is 1.16 bits per heavy atom. The predicted molar refractivity (Wildman–Crippen MR) is 82.4 cm³/mol. The van der Waals surface area contributed by atoms with Crippen LogP contribution < -0.4 is 4.74 Å². The van der Waals surface area contributed by atoms with Gasteiger partial charge in [-0.25, -0.2) is 0 Å². The number of hydrogen-bond donors (Lipinski definition) is 0. The molecule has 0 spiro atoms. The number of carbonyl (C=O) groups is 2. The molecule has 2 aromatic rings. The molecular formula is C17H9ClF3NO3. The fourth-order valence-corrected chi connectivity index (χ4v) is 2.08. The van der Waals surface area contributed by atoms with Gasteiger partial charge >= 0.3 is 6.18 Å². The van der Waals surface area contributed by atoms with Crippen molar-refractivity contribution < 1.29 is 27.5 Å². The molecule has 0 N–H and O–H groups in total. The molecule has 0 atom stereocenters. The van der Waals surface area contributed by atoms with E-state index in [0.717, 1.165) is 12.1 Å². The van der Waals surface area contributed by atoms with Crippen molar-refractivity contribution in [3.63, 3.8) is 0 Å². The molecule has 0 bridgehead atoms. The normalized spacial score (nSPS) is 10.8. The maximum absolute atomic E-state index is 12.9. The molecule has 0 aliphatic heterocycles. The Hall–Kier alpha value is -2.85. The number of ketones is 1. The number of alkyl halides is 3. The van der Waals surface area contributed by atoms with Gasteiger partial charge < -0.3 is 4.74 Å². The average molecular weight is 368 g/mol. The average Bonchev–Trinajstić information content (AvgIpc) is 2.58. The number of rotatable bonds is 5. The zero-order valence-corrected chi connectivity index (χ0v) is 13.2. The Labute approximate surface area is 145 Å². The fraction of sp³-hybridized carbons (Fsp3) is 0.118. The first kappa shape index (κ1) is 18.5. The first-order valence-electron chi connectivity index (χ1n) is 6.79. The molecule has 128 valence electrons. The highest BCUT2D eigenvalue weighted by Crippen LogP contribution is 2.33. The largest absolute Gasteiger partial charge is 0.484 e. The summed E-state index contributed by atoms with van der Waals surface area (Å²) in [5.41, 5.74) is -1.24. The third-order valence-electron chi connectivity index (χ3n) is 3.15. The summed E-state index contributed by atoms with van der Waals surface area (Å²) in [6.45, 7) is -0.606.